The van der Waals surface area contributed by atoms with Gasteiger partial charge in [0.2, 0.25) is 5.91 Å². The summed E-state index contributed by atoms with van der Waals surface area (Å²) in [6.45, 7) is 6.44. The molecule has 2 heterocycles. The second-order valence-corrected chi connectivity index (χ2v) is 10.8. The van der Waals surface area contributed by atoms with Gasteiger partial charge in [-0.2, -0.15) is 0 Å². The summed E-state index contributed by atoms with van der Waals surface area (Å²) >= 11 is 0. The fraction of sp³-hybridized carbons (Fsp3) is 0.789. The van der Waals surface area contributed by atoms with E-state index in [1.54, 1.807) is 0 Å². The summed E-state index contributed by atoms with van der Waals surface area (Å²) in [6.07, 6.45) is 2.31. The van der Waals surface area contributed by atoms with Gasteiger partial charge in [-0.25, -0.2) is 13.2 Å². The van der Waals surface area contributed by atoms with Crippen LogP contribution in [0.1, 0.15) is 66.7 Å². The Hall–Kier alpha value is -2.17. The predicted octanol–water partition coefficient (Wildman–Crippen LogP) is 1.07. The monoisotopic (exact) mass is 447 g/mol. The third-order valence-electron chi connectivity index (χ3n) is 5.29. The Kier molecular flexibility index (Phi) is 6.85. The lowest BCUT2D eigenvalue weighted by atomic mass is 9.97. The molecule has 0 aromatic rings. The van der Waals surface area contributed by atoms with Crippen molar-refractivity contribution in [3.05, 3.63) is 0 Å². The summed E-state index contributed by atoms with van der Waals surface area (Å²) in [5.74, 6) is -4.51. The highest BCUT2D eigenvalue weighted by molar-refractivity contribution is 7.94. The zero-order valence-corrected chi connectivity index (χ0v) is 18.7. The number of carbonyl (C=O) groups excluding carboxylic acids is 4. The minimum atomic E-state index is -4.02. The molecular formula is C19H29NO9S. The van der Waals surface area contributed by atoms with E-state index in [0.29, 0.717) is 6.42 Å². The van der Waals surface area contributed by atoms with Gasteiger partial charge in [0.25, 0.3) is 5.79 Å². The molecule has 2 aliphatic rings. The summed E-state index contributed by atoms with van der Waals surface area (Å²) in [7, 11) is -4.02. The molecule has 0 N–H and O–H groups in total. The summed E-state index contributed by atoms with van der Waals surface area (Å²) in [5.41, 5.74) is 0. The van der Waals surface area contributed by atoms with Gasteiger partial charge in [0.1, 0.15) is 16.7 Å². The van der Waals surface area contributed by atoms with Gasteiger partial charge < -0.3 is 19.1 Å². The van der Waals surface area contributed by atoms with E-state index >= 15 is 0 Å². The molecule has 170 valence electrons. The minimum absolute atomic E-state index is 0.156. The standard InChI is InChI=1S/C19H29NO9S/c1-6-7-8-9-15(23)28-18(3,4)29-17(24)16-19(5,11-27-12(2)21)30(25,26)14-10-13(22)20(14)16/h14,16H,6-11H2,1-5H3/t14-,16+,19+/m1/s1. The average Bonchev–Trinajstić information content (AvgIpc) is 2.74. The maximum atomic E-state index is 13.0. The van der Waals surface area contributed by atoms with Crippen molar-refractivity contribution in [1.29, 1.82) is 0 Å². The third kappa shape index (κ3) is 4.45. The molecule has 30 heavy (non-hydrogen) atoms. The van der Waals surface area contributed by atoms with E-state index in [4.69, 9.17) is 14.2 Å². The first-order chi connectivity index (χ1) is 13.8. The molecule has 0 aliphatic carbocycles. The van der Waals surface area contributed by atoms with Gasteiger partial charge in [0.05, 0.1) is 6.42 Å². The number of hydrogen-bond donors (Lipinski definition) is 0. The summed E-state index contributed by atoms with van der Waals surface area (Å²) in [5, 5.41) is -1.18. The van der Waals surface area contributed by atoms with E-state index in [0.717, 1.165) is 24.7 Å². The van der Waals surface area contributed by atoms with Gasteiger partial charge >= 0.3 is 17.9 Å². The van der Waals surface area contributed by atoms with Gasteiger partial charge in [-0.3, -0.25) is 14.4 Å². The largest absolute Gasteiger partial charge is 0.464 e. The third-order valence-corrected chi connectivity index (χ3v) is 8.04. The number of rotatable bonds is 9. The fourth-order valence-corrected chi connectivity index (χ4v) is 5.93. The molecule has 0 bridgehead atoms. The van der Waals surface area contributed by atoms with Crippen LogP contribution in [-0.2, 0) is 43.2 Å². The first kappa shape index (κ1) is 24.1. The lowest BCUT2D eigenvalue weighted by Crippen LogP contribution is -2.59. The normalized spacial score (nSPS) is 27.1. The second kappa shape index (κ2) is 8.52. The number of sulfone groups is 1. The van der Waals surface area contributed by atoms with Crippen LogP contribution in [0.5, 0.6) is 0 Å². The van der Waals surface area contributed by atoms with E-state index < -0.39 is 62.2 Å². The van der Waals surface area contributed by atoms with E-state index in [2.05, 4.69) is 0 Å². The van der Waals surface area contributed by atoms with Crippen LogP contribution in [0.2, 0.25) is 0 Å². The number of fused-ring (bicyclic) bond motifs is 1. The molecular weight excluding hydrogens is 418 g/mol. The molecule has 3 atom stereocenters. The number of unbranched alkanes of at least 4 members (excludes halogenated alkanes) is 2. The van der Waals surface area contributed by atoms with E-state index in [9.17, 15) is 27.6 Å². The number of nitrogens with zero attached hydrogens (tertiary/aromatic N) is 1. The minimum Gasteiger partial charge on any atom is -0.464 e. The maximum Gasteiger partial charge on any atom is 0.333 e. The van der Waals surface area contributed by atoms with Gasteiger partial charge in [-0.1, -0.05) is 19.8 Å². The topological polar surface area (TPSA) is 133 Å². The van der Waals surface area contributed by atoms with Gasteiger partial charge in [-0.15, -0.1) is 0 Å². The summed E-state index contributed by atoms with van der Waals surface area (Å²) in [4.78, 5) is 49.3. The van der Waals surface area contributed by atoms with Crippen molar-refractivity contribution >= 4 is 33.7 Å². The molecule has 1 amide bonds. The number of β-lactam (4-membered cyclic amide) rings is 1. The molecule has 0 aromatic carbocycles. The molecule has 0 aromatic heterocycles. The Morgan fingerprint density at radius 1 is 1.20 bits per heavy atom. The highest BCUT2D eigenvalue weighted by Crippen LogP contribution is 2.46. The zero-order valence-electron chi connectivity index (χ0n) is 17.9. The molecule has 2 saturated heterocycles. The highest BCUT2D eigenvalue weighted by Gasteiger charge is 2.71. The molecule has 0 unspecified atom stereocenters. The number of carbonyl (C=O) groups is 4. The van der Waals surface area contributed by atoms with Crippen molar-refractivity contribution < 1.29 is 41.8 Å². The lowest BCUT2D eigenvalue weighted by molar-refractivity contribution is -0.221. The zero-order chi connectivity index (χ0) is 22.9. The molecule has 2 fully saturated rings. The molecule has 10 nitrogen and oxygen atoms in total. The van der Waals surface area contributed by atoms with E-state index in [1.165, 1.54) is 20.8 Å². The lowest BCUT2D eigenvalue weighted by Gasteiger charge is -2.37. The molecule has 0 saturated carbocycles. The van der Waals surface area contributed by atoms with Crippen molar-refractivity contribution in [1.82, 2.24) is 4.90 Å². The molecule has 2 aliphatic heterocycles. The molecule has 11 heteroatoms. The Labute approximate surface area is 176 Å². The number of esters is 3. The SMILES string of the molecule is CCCCCC(=O)OC(C)(C)OC(=O)[C@@H]1N2C(=O)C[C@H]2S(=O)(=O)[C@@]1(C)COC(C)=O. The fourth-order valence-electron chi connectivity index (χ4n) is 3.66. The first-order valence-electron chi connectivity index (χ1n) is 9.89. The van der Waals surface area contributed by atoms with E-state index in [-0.39, 0.29) is 12.8 Å². The van der Waals surface area contributed by atoms with E-state index in [1.807, 2.05) is 6.92 Å². The van der Waals surface area contributed by atoms with Crippen LogP contribution in [0.15, 0.2) is 0 Å². The van der Waals surface area contributed by atoms with Crippen molar-refractivity contribution in [2.24, 2.45) is 0 Å². The van der Waals surface area contributed by atoms with Gasteiger partial charge in [-0.05, 0) is 13.3 Å². The van der Waals surface area contributed by atoms with Crippen LogP contribution >= 0.6 is 0 Å². The van der Waals surface area contributed by atoms with Crippen LogP contribution in [0, 0.1) is 0 Å². The van der Waals surface area contributed by atoms with Crippen LogP contribution in [-0.4, -0.2) is 65.7 Å². The Morgan fingerprint density at radius 3 is 2.37 bits per heavy atom. The van der Waals surface area contributed by atoms with Crippen LogP contribution in [0.4, 0.5) is 0 Å². The number of ether oxygens (including phenoxy) is 3. The predicted molar refractivity (Wildman–Crippen MR) is 103 cm³/mol. The Balaban J connectivity index is 2.21. The van der Waals surface area contributed by atoms with Crippen molar-refractivity contribution in [2.75, 3.05) is 6.61 Å². The Bertz CT molecular complexity index is 835. The first-order valence-corrected chi connectivity index (χ1v) is 11.4. The number of hydrogen-bond acceptors (Lipinski definition) is 9. The highest BCUT2D eigenvalue weighted by atomic mass is 32.2. The van der Waals surface area contributed by atoms with Crippen molar-refractivity contribution in [3.8, 4) is 0 Å². The average molecular weight is 448 g/mol. The molecule has 2 rings (SSSR count). The number of amides is 1. The quantitative estimate of drug-likeness (QED) is 0.220. The van der Waals surface area contributed by atoms with Gasteiger partial charge in [0.15, 0.2) is 15.9 Å². The second-order valence-electron chi connectivity index (χ2n) is 8.25. The summed E-state index contributed by atoms with van der Waals surface area (Å²) in [6, 6.07) is -1.52. The van der Waals surface area contributed by atoms with Crippen LogP contribution in [0.25, 0.3) is 0 Å². The Morgan fingerprint density at radius 2 is 1.83 bits per heavy atom. The molecule has 0 spiro atoms. The smallest absolute Gasteiger partial charge is 0.333 e. The van der Waals surface area contributed by atoms with Crippen molar-refractivity contribution in [3.63, 3.8) is 0 Å². The van der Waals surface area contributed by atoms with Gasteiger partial charge in [0, 0.05) is 27.2 Å². The van der Waals surface area contributed by atoms with Crippen LogP contribution < -0.4 is 0 Å². The molecule has 0 radical (unpaired) electrons. The summed E-state index contributed by atoms with van der Waals surface area (Å²) < 4.78 is 39.5. The van der Waals surface area contributed by atoms with Crippen LogP contribution in [0.3, 0.4) is 0 Å². The maximum absolute atomic E-state index is 13.0. The van der Waals surface area contributed by atoms with Crippen molar-refractivity contribution in [2.45, 2.75) is 88.7 Å².